The Morgan fingerprint density at radius 3 is 1.24 bits per heavy atom. The predicted molar refractivity (Wildman–Crippen MR) is 363 cm³/mol. The first-order valence-corrected chi connectivity index (χ1v) is 33.8. The standard InChI is InChI=1S/C78H89NO16/c1-4-7-8-13-46-85-62-40-42-68(43-41-62)93-76(82)57-22-30-65(31-23-57)92-75-71-51-58(77(83)94-66-26-18-55(19-27-66)53-90-63-36-32-60(33-37-63)86-47-14-9-11-16-49-88-73(80)5-2)24-44-69(71)70-45-25-59(52-72(70)79-75)78(84)95-67-28-20-56(21-29-67)54-91-64-38-34-61(35-39-64)87-48-15-10-12-17-50-89-74(81)6-3/h5-6,22-25,30-45,51-52,55-56,66-67H,2-4,7-21,26-29,46-50,53-54H2,1H3. The van der Waals surface area contributed by atoms with Crippen LogP contribution in [0.1, 0.15) is 166 Å². The second-order valence-corrected chi connectivity index (χ2v) is 24.2. The average Bonchev–Trinajstić information content (AvgIpc) is 0.781. The average molecular weight is 1300 g/mol. The monoisotopic (exact) mass is 1300 g/mol. The predicted octanol–water partition coefficient (Wildman–Crippen LogP) is 17.3. The van der Waals surface area contributed by atoms with Crippen LogP contribution in [0, 0.1) is 11.8 Å². The molecule has 6 aromatic carbocycles. The number of nitrogens with zero attached hydrogens (tertiary/aromatic N) is 1. The Morgan fingerprint density at radius 1 is 0.400 bits per heavy atom. The second kappa shape index (κ2) is 37.5. The van der Waals surface area contributed by atoms with E-state index in [4.69, 9.17) is 57.1 Å². The molecule has 2 saturated carbocycles. The lowest BCUT2D eigenvalue weighted by Crippen LogP contribution is -2.27. The van der Waals surface area contributed by atoms with E-state index in [0.29, 0.717) is 129 Å². The number of pyridine rings is 1. The number of carbonyl (C=O) groups excluding carboxylic acids is 5. The number of esters is 5. The number of rotatable bonds is 38. The number of fused-ring (bicyclic) bond motifs is 3. The summed E-state index contributed by atoms with van der Waals surface area (Å²) < 4.78 is 64.6. The van der Waals surface area contributed by atoms with Crippen molar-refractivity contribution >= 4 is 51.5 Å². The van der Waals surface area contributed by atoms with E-state index in [-0.39, 0.29) is 18.1 Å². The number of hydrogen-bond donors (Lipinski definition) is 0. The van der Waals surface area contributed by atoms with Crippen molar-refractivity contribution in [2.24, 2.45) is 11.8 Å². The zero-order valence-corrected chi connectivity index (χ0v) is 54.7. The Morgan fingerprint density at radius 2 is 0.789 bits per heavy atom. The number of aromatic nitrogens is 1. The summed E-state index contributed by atoms with van der Waals surface area (Å²) in [6.07, 6.45) is 19.7. The molecule has 9 rings (SSSR count). The Labute approximate surface area is 557 Å². The van der Waals surface area contributed by atoms with Crippen molar-refractivity contribution in [1.29, 1.82) is 0 Å². The fourth-order valence-electron chi connectivity index (χ4n) is 11.5. The van der Waals surface area contributed by atoms with Gasteiger partial charge in [0.05, 0.1) is 68.5 Å². The van der Waals surface area contributed by atoms with Gasteiger partial charge in [-0.1, -0.05) is 51.5 Å². The van der Waals surface area contributed by atoms with Crippen molar-refractivity contribution in [3.8, 4) is 46.1 Å². The normalized spacial score (nSPS) is 16.0. The molecule has 2 aliphatic carbocycles. The van der Waals surface area contributed by atoms with Gasteiger partial charge in [-0.25, -0.2) is 29.0 Å². The van der Waals surface area contributed by atoms with Crippen molar-refractivity contribution in [1.82, 2.24) is 4.98 Å². The lowest BCUT2D eigenvalue weighted by molar-refractivity contribution is -0.138. The quantitative estimate of drug-likeness (QED) is 0.00883. The molecule has 0 radical (unpaired) electrons. The van der Waals surface area contributed by atoms with Crippen LogP contribution < -0.4 is 33.2 Å². The molecule has 1 aromatic heterocycles. The summed E-state index contributed by atoms with van der Waals surface area (Å²) in [6.45, 7) is 12.7. The van der Waals surface area contributed by atoms with Crippen LogP contribution in [0.15, 0.2) is 159 Å². The first-order valence-electron chi connectivity index (χ1n) is 33.8. The van der Waals surface area contributed by atoms with Gasteiger partial charge >= 0.3 is 29.8 Å². The molecule has 0 amide bonds. The molecule has 0 saturated heterocycles. The molecule has 7 aromatic rings. The van der Waals surface area contributed by atoms with Crippen molar-refractivity contribution in [3.63, 3.8) is 0 Å². The zero-order valence-electron chi connectivity index (χ0n) is 54.7. The molecule has 0 atom stereocenters. The fraction of sp³-hybridized carbons (Fsp3) is 0.410. The summed E-state index contributed by atoms with van der Waals surface area (Å²) in [7, 11) is 0. The van der Waals surface area contributed by atoms with E-state index in [1.165, 1.54) is 18.6 Å². The minimum atomic E-state index is -0.547. The van der Waals surface area contributed by atoms with Crippen molar-refractivity contribution in [3.05, 3.63) is 175 Å². The van der Waals surface area contributed by atoms with Gasteiger partial charge in [-0.15, -0.1) is 0 Å². The molecule has 17 nitrogen and oxygen atoms in total. The molecule has 502 valence electrons. The third kappa shape index (κ3) is 22.7. The molecule has 2 fully saturated rings. The van der Waals surface area contributed by atoms with Crippen LogP contribution in [0.4, 0.5) is 0 Å². The molecule has 0 spiro atoms. The Balaban J connectivity index is 0.782. The van der Waals surface area contributed by atoms with Crippen LogP contribution in [0.2, 0.25) is 0 Å². The Bertz CT molecular complexity index is 3590. The maximum Gasteiger partial charge on any atom is 0.343 e. The molecule has 1 heterocycles. The van der Waals surface area contributed by atoms with E-state index < -0.39 is 29.8 Å². The summed E-state index contributed by atoms with van der Waals surface area (Å²) in [5, 5.41) is 2.02. The minimum absolute atomic E-state index is 0.183. The maximum atomic E-state index is 14.0. The van der Waals surface area contributed by atoms with Crippen LogP contribution in [0.25, 0.3) is 21.7 Å². The molecule has 0 N–H and O–H groups in total. The highest BCUT2D eigenvalue weighted by Gasteiger charge is 2.28. The maximum absolute atomic E-state index is 14.0. The number of hydrogen-bond acceptors (Lipinski definition) is 17. The zero-order chi connectivity index (χ0) is 66.4. The van der Waals surface area contributed by atoms with Gasteiger partial charge in [-0.3, -0.25) is 0 Å². The number of unbranched alkanes of at least 4 members (excludes halogenated alkanes) is 9. The van der Waals surface area contributed by atoms with Crippen LogP contribution >= 0.6 is 0 Å². The Kier molecular flexibility index (Phi) is 27.6. The Hall–Kier alpha value is -9.38. The van der Waals surface area contributed by atoms with E-state index >= 15 is 0 Å². The van der Waals surface area contributed by atoms with E-state index in [0.717, 1.165) is 130 Å². The smallest absolute Gasteiger partial charge is 0.343 e. The summed E-state index contributed by atoms with van der Waals surface area (Å²) in [5.74, 6) is 3.11. The molecule has 2 aliphatic rings. The van der Waals surface area contributed by atoms with Crippen LogP contribution in [0.5, 0.6) is 46.1 Å². The third-order valence-corrected chi connectivity index (χ3v) is 17.0. The fourth-order valence-corrected chi connectivity index (χ4v) is 11.5. The first kappa shape index (κ1) is 69.9. The van der Waals surface area contributed by atoms with E-state index in [2.05, 4.69) is 20.1 Å². The van der Waals surface area contributed by atoms with Gasteiger partial charge in [0.15, 0.2) is 0 Å². The molecular formula is C78H89NO16. The molecule has 0 aliphatic heterocycles. The second-order valence-electron chi connectivity index (χ2n) is 24.2. The van der Waals surface area contributed by atoms with Crippen molar-refractivity contribution in [2.45, 2.75) is 148 Å². The summed E-state index contributed by atoms with van der Waals surface area (Å²) >= 11 is 0. The van der Waals surface area contributed by atoms with E-state index in [1.54, 1.807) is 72.8 Å². The molecule has 0 bridgehead atoms. The van der Waals surface area contributed by atoms with Crippen molar-refractivity contribution in [2.75, 3.05) is 46.2 Å². The number of benzene rings is 6. The summed E-state index contributed by atoms with van der Waals surface area (Å²) in [4.78, 5) is 68.6. The summed E-state index contributed by atoms with van der Waals surface area (Å²) in [5.41, 5.74) is 1.46. The van der Waals surface area contributed by atoms with Crippen LogP contribution in [-0.2, 0) is 28.5 Å². The highest BCUT2D eigenvalue weighted by Crippen LogP contribution is 2.37. The first-order chi connectivity index (χ1) is 46.5. The molecule has 95 heavy (non-hydrogen) atoms. The number of carbonyl (C=O) groups is 5. The van der Waals surface area contributed by atoms with E-state index in [1.807, 2.05) is 60.7 Å². The van der Waals surface area contributed by atoms with Gasteiger partial charge in [0.1, 0.15) is 52.5 Å². The number of ether oxygens (including phenoxy) is 11. The highest BCUT2D eigenvalue weighted by molar-refractivity contribution is 6.11. The van der Waals surface area contributed by atoms with Gasteiger partial charge in [0.25, 0.3) is 0 Å². The lowest BCUT2D eigenvalue weighted by Gasteiger charge is -2.28. The van der Waals surface area contributed by atoms with Gasteiger partial charge in [0, 0.05) is 22.9 Å². The highest BCUT2D eigenvalue weighted by atomic mass is 16.6. The van der Waals surface area contributed by atoms with Gasteiger partial charge in [0.2, 0.25) is 5.88 Å². The van der Waals surface area contributed by atoms with Gasteiger partial charge in [-0.05, 0) is 248 Å². The van der Waals surface area contributed by atoms with Crippen LogP contribution in [-0.4, -0.2) is 93.3 Å². The molecular weight excluding hydrogens is 1210 g/mol. The SMILES string of the molecule is C=CC(=O)OCCCCCCOc1ccc(OCC2CCC(OC(=O)c3ccc4c(c3)nc(Oc3ccc(C(=O)Oc5ccc(OCCCCCC)cc5)cc3)c3cc(C(=O)OC5CCC(COc6ccc(OCCCCCCOC(=O)C=C)cc6)CC5)ccc34)CC2)cc1. The third-order valence-electron chi connectivity index (χ3n) is 17.0. The molecule has 0 unspecified atom stereocenters. The summed E-state index contributed by atoms with van der Waals surface area (Å²) in [6, 6.07) is 39.4. The van der Waals surface area contributed by atoms with Gasteiger partial charge in [-0.2, -0.15) is 0 Å². The van der Waals surface area contributed by atoms with Gasteiger partial charge < -0.3 is 52.1 Å². The van der Waals surface area contributed by atoms with Crippen molar-refractivity contribution < 1.29 is 76.1 Å². The van der Waals surface area contributed by atoms with Crippen LogP contribution in [0.3, 0.4) is 0 Å². The topological polar surface area (TPSA) is 200 Å². The largest absolute Gasteiger partial charge is 0.494 e. The minimum Gasteiger partial charge on any atom is -0.494 e. The lowest BCUT2D eigenvalue weighted by atomic mass is 9.88. The van der Waals surface area contributed by atoms with E-state index in [9.17, 15) is 24.0 Å². The molecule has 17 heteroatoms.